The molecule has 1 N–H and O–H groups in total. The van der Waals surface area contributed by atoms with Crippen molar-refractivity contribution in [3.63, 3.8) is 0 Å². The molecular formula is C18H20N4O5S. The predicted molar refractivity (Wildman–Crippen MR) is 105 cm³/mol. The van der Waals surface area contributed by atoms with E-state index in [4.69, 9.17) is 4.74 Å². The van der Waals surface area contributed by atoms with Gasteiger partial charge in [-0.1, -0.05) is 29.8 Å². The molecule has 10 heteroatoms. The van der Waals surface area contributed by atoms with Gasteiger partial charge in [0.15, 0.2) is 0 Å². The van der Waals surface area contributed by atoms with E-state index in [9.17, 15) is 18.5 Å². The molecule has 148 valence electrons. The lowest BCUT2D eigenvalue weighted by atomic mass is 10.2. The van der Waals surface area contributed by atoms with Crippen LogP contribution in [-0.2, 0) is 14.8 Å². The summed E-state index contributed by atoms with van der Waals surface area (Å²) < 4.78 is 32.5. The van der Waals surface area contributed by atoms with Crippen molar-refractivity contribution in [1.29, 1.82) is 0 Å². The molecule has 0 aromatic heterocycles. The second kappa shape index (κ2) is 8.46. The van der Waals surface area contributed by atoms with Gasteiger partial charge in [-0.3, -0.25) is 15.5 Å². The number of nitro benzene ring substituents is 1. The van der Waals surface area contributed by atoms with E-state index >= 15 is 0 Å². The highest BCUT2D eigenvalue weighted by Crippen LogP contribution is 2.29. The number of nitrogens with zero attached hydrogens (tertiary/aromatic N) is 3. The van der Waals surface area contributed by atoms with E-state index in [1.54, 1.807) is 6.21 Å². The summed E-state index contributed by atoms with van der Waals surface area (Å²) in [6, 6.07) is 11.3. The van der Waals surface area contributed by atoms with Gasteiger partial charge in [-0.25, -0.2) is 8.42 Å². The first kappa shape index (κ1) is 19.9. The van der Waals surface area contributed by atoms with Crippen LogP contribution < -0.4 is 5.43 Å². The minimum absolute atomic E-state index is 0.167. The zero-order chi connectivity index (χ0) is 20.1. The van der Waals surface area contributed by atoms with Crippen molar-refractivity contribution in [2.24, 2.45) is 5.10 Å². The SMILES string of the molecule is Cc1ccc(/C=N\Nc2ccc([N+](=O)[O-])cc2S(=O)(=O)N2CCOCC2)cc1. The number of ether oxygens (including phenoxy) is 1. The molecule has 0 saturated carbocycles. The molecule has 3 rings (SSSR count). The number of aryl methyl sites for hydroxylation is 1. The Morgan fingerprint density at radius 3 is 2.50 bits per heavy atom. The van der Waals surface area contributed by atoms with Gasteiger partial charge in [-0.05, 0) is 18.6 Å². The van der Waals surface area contributed by atoms with Gasteiger partial charge in [0.1, 0.15) is 4.90 Å². The summed E-state index contributed by atoms with van der Waals surface area (Å²) in [7, 11) is -3.94. The van der Waals surface area contributed by atoms with Crippen LogP contribution in [0.2, 0.25) is 0 Å². The first-order valence-electron chi connectivity index (χ1n) is 8.60. The minimum atomic E-state index is -3.94. The van der Waals surface area contributed by atoms with Crippen LogP contribution in [0, 0.1) is 17.0 Å². The Balaban J connectivity index is 1.91. The number of sulfonamides is 1. The van der Waals surface area contributed by atoms with E-state index < -0.39 is 14.9 Å². The largest absolute Gasteiger partial charge is 0.379 e. The summed E-state index contributed by atoms with van der Waals surface area (Å²) in [4.78, 5) is 10.3. The third-order valence-corrected chi connectivity index (χ3v) is 6.18. The Labute approximate surface area is 162 Å². The fourth-order valence-corrected chi connectivity index (χ4v) is 4.25. The fourth-order valence-electron chi connectivity index (χ4n) is 2.69. The van der Waals surface area contributed by atoms with Crippen LogP contribution in [-0.4, -0.2) is 50.2 Å². The molecular weight excluding hydrogens is 384 g/mol. The standard InChI is InChI=1S/C18H20N4O5S/c1-14-2-4-15(5-3-14)13-19-20-17-7-6-16(22(23)24)12-18(17)28(25,26)21-8-10-27-11-9-21/h2-7,12-13,20H,8-11H2,1H3/b19-13-. The average molecular weight is 404 g/mol. The van der Waals surface area contributed by atoms with Crippen molar-refractivity contribution in [3.05, 3.63) is 63.7 Å². The van der Waals surface area contributed by atoms with E-state index in [0.717, 1.165) is 17.2 Å². The second-order valence-corrected chi connectivity index (χ2v) is 8.14. The van der Waals surface area contributed by atoms with Gasteiger partial charge in [-0.2, -0.15) is 9.41 Å². The van der Waals surface area contributed by atoms with Gasteiger partial charge in [-0.15, -0.1) is 0 Å². The number of hydrogen-bond acceptors (Lipinski definition) is 7. The minimum Gasteiger partial charge on any atom is -0.379 e. The fraction of sp³-hybridized carbons (Fsp3) is 0.278. The van der Waals surface area contributed by atoms with Gasteiger partial charge in [0.25, 0.3) is 5.69 Å². The maximum Gasteiger partial charge on any atom is 0.270 e. The Morgan fingerprint density at radius 2 is 1.86 bits per heavy atom. The van der Waals surface area contributed by atoms with Gasteiger partial charge >= 0.3 is 0 Å². The van der Waals surface area contributed by atoms with Crippen LogP contribution in [0.4, 0.5) is 11.4 Å². The lowest BCUT2D eigenvalue weighted by Crippen LogP contribution is -2.40. The number of anilines is 1. The van der Waals surface area contributed by atoms with E-state index in [1.165, 1.54) is 16.4 Å². The highest BCUT2D eigenvalue weighted by atomic mass is 32.2. The van der Waals surface area contributed by atoms with Crippen LogP contribution in [0.15, 0.2) is 52.5 Å². The Bertz CT molecular complexity index is 984. The summed E-state index contributed by atoms with van der Waals surface area (Å²) in [5.74, 6) is 0. The maximum absolute atomic E-state index is 13.0. The van der Waals surface area contributed by atoms with E-state index in [0.29, 0.717) is 0 Å². The number of hydrogen-bond donors (Lipinski definition) is 1. The quantitative estimate of drug-likeness (QED) is 0.449. The monoisotopic (exact) mass is 404 g/mol. The van der Waals surface area contributed by atoms with E-state index in [2.05, 4.69) is 10.5 Å². The Morgan fingerprint density at radius 1 is 1.18 bits per heavy atom. The molecule has 0 unspecified atom stereocenters. The molecule has 1 fully saturated rings. The molecule has 1 saturated heterocycles. The zero-order valence-corrected chi connectivity index (χ0v) is 16.1. The molecule has 0 radical (unpaired) electrons. The van der Waals surface area contributed by atoms with Crippen molar-refractivity contribution in [2.45, 2.75) is 11.8 Å². The molecule has 0 atom stereocenters. The van der Waals surface area contributed by atoms with E-state index in [-0.39, 0.29) is 42.6 Å². The second-order valence-electron chi connectivity index (χ2n) is 6.23. The normalized spacial score (nSPS) is 15.6. The number of morpholine rings is 1. The van der Waals surface area contributed by atoms with Crippen LogP contribution in [0.1, 0.15) is 11.1 Å². The summed E-state index contributed by atoms with van der Waals surface area (Å²) in [5, 5.41) is 15.2. The van der Waals surface area contributed by atoms with Gasteiger partial charge in [0.05, 0.1) is 30.0 Å². The molecule has 1 heterocycles. The Hall–Kier alpha value is -2.82. The van der Waals surface area contributed by atoms with Gasteiger partial charge < -0.3 is 4.74 Å². The number of nitrogens with one attached hydrogen (secondary N) is 1. The molecule has 0 spiro atoms. The molecule has 9 nitrogen and oxygen atoms in total. The lowest BCUT2D eigenvalue weighted by Gasteiger charge is -2.26. The van der Waals surface area contributed by atoms with Crippen molar-refractivity contribution in [1.82, 2.24) is 4.31 Å². The molecule has 0 amide bonds. The van der Waals surface area contributed by atoms with Crippen LogP contribution in [0.5, 0.6) is 0 Å². The summed E-state index contributed by atoms with van der Waals surface area (Å²) in [6.45, 7) is 2.91. The van der Waals surface area contributed by atoms with Crippen LogP contribution >= 0.6 is 0 Å². The topological polar surface area (TPSA) is 114 Å². The number of non-ortho nitro benzene ring substituents is 1. The maximum atomic E-state index is 13.0. The summed E-state index contributed by atoms with van der Waals surface area (Å²) >= 11 is 0. The number of hydrazone groups is 1. The number of rotatable bonds is 6. The van der Waals surface area contributed by atoms with Gasteiger partial charge in [0, 0.05) is 25.2 Å². The van der Waals surface area contributed by atoms with Crippen molar-refractivity contribution in [3.8, 4) is 0 Å². The third kappa shape index (κ3) is 4.53. The average Bonchev–Trinajstić information content (AvgIpc) is 2.70. The molecule has 1 aliphatic rings. The molecule has 1 aliphatic heterocycles. The van der Waals surface area contributed by atoms with E-state index in [1.807, 2.05) is 31.2 Å². The number of nitro groups is 1. The molecule has 2 aromatic rings. The molecule has 28 heavy (non-hydrogen) atoms. The van der Waals surface area contributed by atoms with Gasteiger partial charge in [0.2, 0.25) is 10.0 Å². The summed E-state index contributed by atoms with van der Waals surface area (Å²) in [5.41, 5.74) is 4.50. The highest BCUT2D eigenvalue weighted by molar-refractivity contribution is 7.89. The van der Waals surface area contributed by atoms with Crippen LogP contribution in [0.25, 0.3) is 0 Å². The first-order valence-corrected chi connectivity index (χ1v) is 10.0. The van der Waals surface area contributed by atoms with Crippen molar-refractivity contribution in [2.75, 3.05) is 31.7 Å². The summed E-state index contributed by atoms with van der Waals surface area (Å²) in [6.07, 6.45) is 1.55. The third-order valence-electron chi connectivity index (χ3n) is 4.24. The van der Waals surface area contributed by atoms with Crippen molar-refractivity contribution < 1.29 is 18.1 Å². The smallest absolute Gasteiger partial charge is 0.270 e. The lowest BCUT2D eigenvalue weighted by molar-refractivity contribution is -0.385. The molecule has 2 aromatic carbocycles. The Kier molecular flexibility index (Phi) is 6.02. The zero-order valence-electron chi connectivity index (χ0n) is 15.2. The highest BCUT2D eigenvalue weighted by Gasteiger charge is 2.30. The van der Waals surface area contributed by atoms with Crippen molar-refractivity contribution >= 4 is 27.6 Å². The predicted octanol–water partition coefficient (Wildman–Crippen LogP) is 2.37. The first-order chi connectivity index (χ1) is 13.4. The number of benzene rings is 2. The van der Waals surface area contributed by atoms with Crippen LogP contribution in [0.3, 0.4) is 0 Å². The molecule has 0 bridgehead atoms. The molecule has 0 aliphatic carbocycles.